The van der Waals surface area contributed by atoms with Crippen molar-refractivity contribution in [3.05, 3.63) is 34.9 Å². The van der Waals surface area contributed by atoms with Gasteiger partial charge in [0.05, 0.1) is 25.0 Å². The van der Waals surface area contributed by atoms with Crippen molar-refractivity contribution in [2.24, 2.45) is 0 Å². The fourth-order valence-electron chi connectivity index (χ4n) is 2.31. The molecule has 0 aromatic heterocycles. The fraction of sp³-hybridized carbons (Fsp3) is 0.429. The van der Waals surface area contributed by atoms with Crippen LogP contribution in [0.25, 0.3) is 0 Å². The van der Waals surface area contributed by atoms with Gasteiger partial charge in [0.1, 0.15) is 0 Å². The highest BCUT2D eigenvalue weighted by atomic mass is 35.5. The Morgan fingerprint density at radius 1 is 1.35 bits per heavy atom. The van der Waals surface area contributed by atoms with Gasteiger partial charge in [0.15, 0.2) is 0 Å². The summed E-state index contributed by atoms with van der Waals surface area (Å²) in [5, 5.41) is 12.4. The normalized spacial score (nSPS) is 21.6. The Labute approximate surface area is 121 Å². The smallest absolute Gasteiger partial charge is 0.305 e. The molecule has 108 valence electrons. The highest BCUT2D eigenvalue weighted by Gasteiger charge is 2.38. The number of halogens is 1. The number of carboxylic acid groups (broad SMARTS) is 1. The van der Waals surface area contributed by atoms with Crippen LogP contribution in [-0.4, -0.2) is 35.7 Å². The van der Waals surface area contributed by atoms with Crippen LogP contribution >= 0.6 is 11.6 Å². The molecule has 1 amide bonds. The highest BCUT2D eigenvalue weighted by Crippen LogP contribution is 2.23. The molecule has 1 atom stereocenters. The molecule has 1 saturated heterocycles. The van der Waals surface area contributed by atoms with E-state index < -0.39 is 11.5 Å². The zero-order valence-corrected chi connectivity index (χ0v) is 11.7. The first kappa shape index (κ1) is 14.8. The van der Waals surface area contributed by atoms with Crippen LogP contribution in [0.3, 0.4) is 0 Å². The number of benzene rings is 1. The van der Waals surface area contributed by atoms with Crippen molar-refractivity contribution in [3.8, 4) is 0 Å². The Bertz CT molecular complexity index is 494. The van der Waals surface area contributed by atoms with E-state index in [1.165, 1.54) is 0 Å². The summed E-state index contributed by atoms with van der Waals surface area (Å²) >= 11 is 5.78. The lowest BCUT2D eigenvalue weighted by molar-refractivity contribution is -0.139. The third kappa shape index (κ3) is 3.95. The molecular formula is C14H16ClNO4. The monoisotopic (exact) mass is 297 g/mol. The number of ether oxygens (including phenoxy) is 1. The quantitative estimate of drug-likeness (QED) is 0.866. The van der Waals surface area contributed by atoms with Crippen LogP contribution in [0.15, 0.2) is 24.3 Å². The third-order valence-electron chi connectivity index (χ3n) is 3.28. The standard InChI is InChI=1S/C14H16ClNO4/c15-11-3-1-10(2-4-11)7-12(17)16-14(8-13(18)19)5-6-20-9-14/h1-4H,5-9H2,(H,16,17)(H,18,19). The topological polar surface area (TPSA) is 75.6 Å². The van der Waals surface area contributed by atoms with Gasteiger partial charge in [0, 0.05) is 11.6 Å². The summed E-state index contributed by atoms with van der Waals surface area (Å²) < 4.78 is 5.23. The van der Waals surface area contributed by atoms with Gasteiger partial charge < -0.3 is 15.2 Å². The van der Waals surface area contributed by atoms with E-state index >= 15 is 0 Å². The van der Waals surface area contributed by atoms with Crippen molar-refractivity contribution >= 4 is 23.5 Å². The van der Waals surface area contributed by atoms with Crippen molar-refractivity contribution in [2.45, 2.75) is 24.8 Å². The van der Waals surface area contributed by atoms with Crippen LogP contribution in [0.2, 0.25) is 5.02 Å². The molecule has 0 radical (unpaired) electrons. The summed E-state index contributed by atoms with van der Waals surface area (Å²) in [7, 11) is 0. The van der Waals surface area contributed by atoms with Crippen molar-refractivity contribution in [1.82, 2.24) is 5.32 Å². The maximum Gasteiger partial charge on any atom is 0.305 e. The summed E-state index contributed by atoms with van der Waals surface area (Å²) in [6.45, 7) is 0.708. The second-order valence-corrected chi connectivity index (χ2v) is 5.44. The Morgan fingerprint density at radius 3 is 2.60 bits per heavy atom. The van der Waals surface area contributed by atoms with Crippen molar-refractivity contribution in [2.75, 3.05) is 13.2 Å². The summed E-state index contributed by atoms with van der Waals surface area (Å²) in [6.07, 6.45) is 0.587. The van der Waals surface area contributed by atoms with Gasteiger partial charge in [-0.2, -0.15) is 0 Å². The second kappa shape index (κ2) is 6.24. The van der Waals surface area contributed by atoms with Crippen LogP contribution < -0.4 is 5.32 Å². The van der Waals surface area contributed by atoms with Crippen molar-refractivity contribution < 1.29 is 19.4 Å². The highest BCUT2D eigenvalue weighted by molar-refractivity contribution is 6.30. The number of hydrogen-bond donors (Lipinski definition) is 2. The molecule has 6 heteroatoms. The van der Waals surface area contributed by atoms with Gasteiger partial charge in [-0.3, -0.25) is 9.59 Å². The molecule has 1 aliphatic heterocycles. The summed E-state index contributed by atoms with van der Waals surface area (Å²) in [5.41, 5.74) is 0.0475. The van der Waals surface area contributed by atoms with Crippen LogP contribution in [0.1, 0.15) is 18.4 Å². The van der Waals surface area contributed by atoms with E-state index in [0.717, 1.165) is 5.56 Å². The first-order valence-electron chi connectivity index (χ1n) is 6.34. The molecule has 5 nitrogen and oxygen atoms in total. The molecule has 2 rings (SSSR count). The molecule has 1 aromatic rings. The molecule has 0 spiro atoms. The maximum absolute atomic E-state index is 12.0. The van der Waals surface area contributed by atoms with E-state index in [2.05, 4.69) is 5.32 Å². The predicted molar refractivity (Wildman–Crippen MR) is 73.7 cm³/mol. The van der Waals surface area contributed by atoms with Gasteiger partial charge in [-0.05, 0) is 24.1 Å². The Hall–Kier alpha value is -1.59. The van der Waals surface area contributed by atoms with Gasteiger partial charge >= 0.3 is 5.97 Å². The van der Waals surface area contributed by atoms with Crippen LogP contribution in [0, 0.1) is 0 Å². The molecule has 2 N–H and O–H groups in total. The minimum absolute atomic E-state index is 0.126. The Kier molecular flexibility index (Phi) is 4.62. The minimum atomic E-state index is -0.942. The molecule has 0 saturated carbocycles. The molecule has 1 fully saturated rings. The Balaban J connectivity index is 1.98. The number of carboxylic acids is 1. The average molecular weight is 298 g/mol. The lowest BCUT2D eigenvalue weighted by Crippen LogP contribution is -2.51. The lowest BCUT2D eigenvalue weighted by atomic mass is 9.94. The van der Waals surface area contributed by atoms with Gasteiger partial charge in [-0.25, -0.2) is 0 Å². The van der Waals surface area contributed by atoms with E-state index in [-0.39, 0.29) is 25.4 Å². The largest absolute Gasteiger partial charge is 0.481 e. The zero-order chi connectivity index (χ0) is 14.6. The van der Waals surface area contributed by atoms with Gasteiger partial charge in [0.2, 0.25) is 5.91 Å². The first-order valence-corrected chi connectivity index (χ1v) is 6.72. The minimum Gasteiger partial charge on any atom is -0.481 e. The third-order valence-corrected chi connectivity index (χ3v) is 3.53. The molecular weight excluding hydrogens is 282 g/mol. The number of amides is 1. The molecule has 20 heavy (non-hydrogen) atoms. The first-order chi connectivity index (χ1) is 9.49. The zero-order valence-electron chi connectivity index (χ0n) is 10.9. The van der Waals surface area contributed by atoms with Crippen molar-refractivity contribution in [1.29, 1.82) is 0 Å². The molecule has 1 aromatic carbocycles. The summed E-state index contributed by atoms with van der Waals surface area (Å²) in [5.74, 6) is -1.15. The number of aliphatic carboxylic acids is 1. The van der Waals surface area contributed by atoms with Crippen LogP contribution in [0.5, 0.6) is 0 Å². The fourth-order valence-corrected chi connectivity index (χ4v) is 2.43. The van der Waals surface area contributed by atoms with Crippen LogP contribution in [0.4, 0.5) is 0 Å². The SMILES string of the molecule is O=C(O)CC1(NC(=O)Cc2ccc(Cl)cc2)CCOC1. The van der Waals surface area contributed by atoms with Gasteiger partial charge in [-0.15, -0.1) is 0 Å². The van der Waals surface area contributed by atoms with E-state index in [4.69, 9.17) is 21.4 Å². The van der Waals surface area contributed by atoms with Crippen LogP contribution in [-0.2, 0) is 20.7 Å². The second-order valence-electron chi connectivity index (χ2n) is 5.00. The molecule has 1 heterocycles. The van der Waals surface area contributed by atoms with E-state index in [1.807, 2.05) is 0 Å². The maximum atomic E-state index is 12.0. The summed E-state index contributed by atoms with van der Waals surface area (Å²) in [6, 6.07) is 6.99. The van der Waals surface area contributed by atoms with E-state index in [0.29, 0.717) is 18.1 Å². The Morgan fingerprint density at radius 2 is 2.05 bits per heavy atom. The molecule has 0 bridgehead atoms. The summed E-state index contributed by atoms with van der Waals surface area (Å²) in [4.78, 5) is 23.0. The predicted octanol–water partition coefficient (Wildman–Crippen LogP) is 1.63. The lowest BCUT2D eigenvalue weighted by Gasteiger charge is -2.27. The molecule has 1 aliphatic rings. The van der Waals surface area contributed by atoms with E-state index in [1.54, 1.807) is 24.3 Å². The van der Waals surface area contributed by atoms with E-state index in [9.17, 15) is 9.59 Å². The average Bonchev–Trinajstić information content (AvgIpc) is 2.79. The van der Waals surface area contributed by atoms with Crippen molar-refractivity contribution in [3.63, 3.8) is 0 Å². The molecule has 1 unspecified atom stereocenters. The number of nitrogens with one attached hydrogen (secondary N) is 1. The number of rotatable bonds is 5. The molecule has 0 aliphatic carbocycles. The number of carbonyl (C=O) groups is 2. The van der Waals surface area contributed by atoms with Gasteiger partial charge in [-0.1, -0.05) is 23.7 Å². The van der Waals surface area contributed by atoms with Gasteiger partial charge in [0.25, 0.3) is 0 Å². The number of hydrogen-bond acceptors (Lipinski definition) is 3. The number of carbonyl (C=O) groups excluding carboxylic acids is 1.